The Hall–Kier alpha value is -4.00. The van der Waals surface area contributed by atoms with Gasteiger partial charge in [0.2, 0.25) is 0 Å². The van der Waals surface area contributed by atoms with Crippen LogP contribution in [0, 0.1) is 5.82 Å². The normalized spacial score (nSPS) is 13.8. The highest BCUT2D eigenvalue weighted by Crippen LogP contribution is 2.43. The van der Waals surface area contributed by atoms with Crippen molar-refractivity contribution >= 4 is 17.9 Å². The molecule has 0 radical (unpaired) electrons. The number of nitrogens with one attached hydrogen (secondary N) is 2. The number of carbonyl (C=O) groups is 2. The minimum Gasteiger partial charge on any atom is -0.483 e. The number of benzene rings is 2. The second-order valence-corrected chi connectivity index (χ2v) is 7.98. The highest BCUT2D eigenvalue weighted by molar-refractivity contribution is 5.96. The molecule has 2 aromatic carbocycles. The smallest absolute Gasteiger partial charge is 0.254 e. The Balaban J connectivity index is 1.57. The molecule has 0 spiro atoms. The fourth-order valence-electron chi connectivity index (χ4n) is 4.10. The lowest BCUT2D eigenvalue weighted by Gasteiger charge is -2.28. The second kappa shape index (κ2) is 9.87. The molecule has 1 aliphatic rings. The van der Waals surface area contributed by atoms with E-state index in [1.165, 1.54) is 12.1 Å². The number of aromatic nitrogens is 1. The van der Waals surface area contributed by atoms with Crippen molar-refractivity contribution in [2.24, 2.45) is 0 Å². The lowest BCUT2D eigenvalue weighted by atomic mass is 9.91. The number of nitrogens with zero attached hydrogens (tertiary/aromatic N) is 1. The largest absolute Gasteiger partial charge is 0.483 e. The van der Waals surface area contributed by atoms with Crippen LogP contribution >= 0.6 is 0 Å². The fourth-order valence-corrected chi connectivity index (χ4v) is 4.10. The van der Waals surface area contributed by atoms with Crippen LogP contribution in [-0.2, 0) is 6.54 Å². The predicted molar refractivity (Wildman–Crippen MR) is 129 cm³/mol. The Bertz CT molecular complexity index is 1270. The summed E-state index contributed by atoms with van der Waals surface area (Å²) in [5.74, 6) is -0.683. The molecule has 1 aromatic heterocycles. The maximum absolute atomic E-state index is 14.6. The molecule has 1 aliphatic heterocycles. The third-order valence-electron chi connectivity index (χ3n) is 5.79. The second-order valence-electron chi connectivity index (χ2n) is 7.98. The number of hydrogen-bond acceptors (Lipinski definition) is 4. The molecule has 0 fully saturated rings. The Kier molecular flexibility index (Phi) is 6.72. The Morgan fingerprint density at radius 2 is 1.94 bits per heavy atom. The highest BCUT2D eigenvalue weighted by atomic mass is 19.1. The Labute approximate surface area is 197 Å². The first kappa shape index (κ1) is 23.2. The zero-order chi connectivity index (χ0) is 24.2. The molecule has 0 saturated heterocycles. The van der Waals surface area contributed by atoms with Crippen molar-refractivity contribution in [2.75, 3.05) is 6.54 Å². The van der Waals surface area contributed by atoms with E-state index in [0.717, 1.165) is 28.9 Å². The number of ether oxygens (including phenoxy) is 1. The van der Waals surface area contributed by atoms with Crippen LogP contribution in [0.3, 0.4) is 0 Å². The average molecular weight is 460 g/mol. The van der Waals surface area contributed by atoms with Gasteiger partial charge < -0.3 is 15.4 Å². The molecule has 0 bridgehead atoms. The van der Waals surface area contributed by atoms with Gasteiger partial charge in [0.15, 0.2) is 0 Å². The van der Waals surface area contributed by atoms with Crippen LogP contribution in [0.2, 0.25) is 0 Å². The molecule has 2 amide bonds. The molecule has 0 aliphatic carbocycles. The molecule has 2 N–H and O–H groups in total. The van der Waals surface area contributed by atoms with E-state index < -0.39 is 11.7 Å². The van der Waals surface area contributed by atoms with Gasteiger partial charge in [-0.15, -0.1) is 0 Å². The van der Waals surface area contributed by atoms with Gasteiger partial charge in [-0.05, 0) is 54.8 Å². The lowest BCUT2D eigenvalue weighted by Crippen LogP contribution is -2.26. The van der Waals surface area contributed by atoms with Gasteiger partial charge in [0.25, 0.3) is 11.8 Å². The number of pyridine rings is 1. The van der Waals surface area contributed by atoms with Crippen LogP contribution in [0.25, 0.3) is 17.2 Å². The maximum atomic E-state index is 14.6. The van der Waals surface area contributed by atoms with E-state index in [9.17, 15) is 14.0 Å². The summed E-state index contributed by atoms with van der Waals surface area (Å²) in [6.45, 7) is 7.92. The van der Waals surface area contributed by atoms with Gasteiger partial charge >= 0.3 is 0 Å². The van der Waals surface area contributed by atoms with Gasteiger partial charge in [-0.1, -0.05) is 25.6 Å². The molecular weight excluding hydrogens is 433 g/mol. The summed E-state index contributed by atoms with van der Waals surface area (Å²) in [4.78, 5) is 29.3. The summed E-state index contributed by atoms with van der Waals surface area (Å²) in [6, 6.07) is 10.5. The molecule has 1 unspecified atom stereocenters. The number of rotatable bonds is 7. The molecule has 0 saturated carbocycles. The molecule has 4 rings (SSSR count). The molecule has 174 valence electrons. The van der Waals surface area contributed by atoms with Gasteiger partial charge in [0, 0.05) is 41.5 Å². The Morgan fingerprint density at radius 1 is 1.12 bits per heavy atom. The van der Waals surface area contributed by atoms with E-state index in [-0.39, 0.29) is 29.7 Å². The van der Waals surface area contributed by atoms with E-state index in [1.807, 2.05) is 25.1 Å². The quantitative estimate of drug-likeness (QED) is 0.518. The molecule has 6 nitrogen and oxygen atoms in total. The highest BCUT2D eigenvalue weighted by Gasteiger charge is 2.26. The topological polar surface area (TPSA) is 80.3 Å². The lowest BCUT2D eigenvalue weighted by molar-refractivity contribution is 0.0945. The van der Waals surface area contributed by atoms with Crippen molar-refractivity contribution in [2.45, 2.75) is 32.9 Å². The number of hydrogen-bond donors (Lipinski definition) is 2. The number of fused-ring (bicyclic) bond motifs is 3. The summed E-state index contributed by atoms with van der Waals surface area (Å²) in [5.41, 5.74) is 4.14. The first-order chi connectivity index (χ1) is 16.5. The minimum atomic E-state index is -0.633. The maximum Gasteiger partial charge on any atom is 0.254 e. The molecular formula is C27H26FN3O3. The Morgan fingerprint density at radius 3 is 2.68 bits per heavy atom. The zero-order valence-corrected chi connectivity index (χ0v) is 19.2. The van der Waals surface area contributed by atoms with Gasteiger partial charge in [-0.3, -0.25) is 14.6 Å². The first-order valence-electron chi connectivity index (χ1n) is 11.2. The fraction of sp³-hybridized carbons (Fsp3) is 0.222. The summed E-state index contributed by atoms with van der Waals surface area (Å²) >= 11 is 0. The van der Waals surface area contributed by atoms with E-state index in [2.05, 4.69) is 22.2 Å². The van der Waals surface area contributed by atoms with E-state index in [0.29, 0.717) is 17.7 Å². The zero-order valence-electron chi connectivity index (χ0n) is 19.2. The first-order valence-corrected chi connectivity index (χ1v) is 11.2. The van der Waals surface area contributed by atoms with Gasteiger partial charge in [0.05, 0.1) is 11.8 Å². The summed E-state index contributed by atoms with van der Waals surface area (Å²) in [6.07, 6.45) is 5.34. The van der Waals surface area contributed by atoms with Crippen molar-refractivity contribution in [3.05, 3.63) is 89.0 Å². The SMILES string of the molecule is C=Cc1cc(CNC(=O)c2ccc3c(c2)C(CC)Oc2cnccc2-3)cc(C(=O)NCC)c1F. The van der Waals surface area contributed by atoms with Crippen molar-refractivity contribution in [3.8, 4) is 16.9 Å². The van der Waals surface area contributed by atoms with Crippen LogP contribution in [0.1, 0.15) is 63.8 Å². The summed E-state index contributed by atoms with van der Waals surface area (Å²) < 4.78 is 20.7. The van der Waals surface area contributed by atoms with Crippen LogP contribution in [-0.4, -0.2) is 23.3 Å². The molecule has 7 heteroatoms. The summed E-state index contributed by atoms with van der Waals surface area (Å²) in [7, 11) is 0. The predicted octanol–water partition coefficient (Wildman–Crippen LogP) is 5.05. The standard InChI is InChI=1S/C27H26FN3O3/c1-4-17-11-16(12-22(25(17)28)27(33)30-6-3)14-31-26(32)18-7-8-19-20-9-10-29-15-24(20)34-23(5-2)21(19)13-18/h4,7-13,15,23H,1,5-6,14H2,2-3H3,(H,30,33)(H,31,32). The molecule has 1 atom stereocenters. The third-order valence-corrected chi connectivity index (χ3v) is 5.79. The van der Waals surface area contributed by atoms with E-state index >= 15 is 0 Å². The van der Waals surface area contributed by atoms with Crippen molar-refractivity contribution in [3.63, 3.8) is 0 Å². The number of carbonyl (C=O) groups excluding carboxylic acids is 2. The van der Waals surface area contributed by atoms with Gasteiger partial charge in [-0.2, -0.15) is 0 Å². The molecule has 2 heterocycles. The van der Waals surface area contributed by atoms with Crippen LogP contribution in [0.4, 0.5) is 4.39 Å². The van der Waals surface area contributed by atoms with Gasteiger partial charge in [-0.25, -0.2) is 4.39 Å². The summed E-state index contributed by atoms with van der Waals surface area (Å²) in [5, 5.41) is 5.47. The molecule has 34 heavy (non-hydrogen) atoms. The monoisotopic (exact) mass is 459 g/mol. The van der Waals surface area contributed by atoms with Gasteiger partial charge in [0.1, 0.15) is 17.7 Å². The van der Waals surface area contributed by atoms with Crippen molar-refractivity contribution in [1.82, 2.24) is 15.6 Å². The van der Waals surface area contributed by atoms with E-state index in [1.54, 1.807) is 31.5 Å². The number of amides is 2. The van der Waals surface area contributed by atoms with Crippen LogP contribution < -0.4 is 15.4 Å². The van der Waals surface area contributed by atoms with E-state index in [4.69, 9.17) is 4.74 Å². The third kappa shape index (κ3) is 4.41. The minimum absolute atomic E-state index is 0.0756. The van der Waals surface area contributed by atoms with Crippen LogP contribution in [0.5, 0.6) is 5.75 Å². The van der Waals surface area contributed by atoms with Crippen molar-refractivity contribution in [1.29, 1.82) is 0 Å². The van der Waals surface area contributed by atoms with Crippen molar-refractivity contribution < 1.29 is 18.7 Å². The molecule has 3 aromatic rings. The number of halogens is 1. The average Bonchev–Trinajstić information content (AvgIpc) is 2.87. The van der Waals surface area contributed by atoms with Crippen LogP contribution in [0.15, 0.2) is 55.4 Å².